The summed E-state index contributed by atoms with van der Waals surface area (Å²) >= 11 is 0. The van der Waals surface area contributed by atoms with Crippen LogP contribution in [0.2, 0.25) is 0 Å². The number of carbonyl (C=O) groups is 1. The first-order valence-electron chi connectivity index (χ1n) is 10.4. The summed E-state index contributed by atoms with van der Waals surface area (Å²) in [6.45, 7) is 12.6. The molecular weight excluding hydrogens is 328 g/mol. The summed E-state index contributed by atoms with van der Waals surface area (Å²) in [6, 6.07) is 0.541. The molecular formula is C20H38N4O2. The summed E-state index contributed by atoms with van der Waals surface area (Å²) < 4.78 is 4.90. The van der Waals surface area contributed by atoms with Gasteiger partial charge >= 0.3 is 5.97 Å². The topological polar surface area (TPSA) is 57.2 Å². The Morgan fingerprint density at radius 2 is 1.85 bits per heavy atom. The third-order valence-electron chi connectivity index (χ3n) is 5.52. The number of hydrogen-bond acceptors (Lipinski definition) is 4. The van der Waals surface area contributed by atoms with Gasteiger partial charge in [0, 0.05) is 25.7 Å². The van der Waals surface area contributed by atoms with Gasteiger partial charge in [-0.1, -0.05) is 13.8 Å². The molecule has 2 saturated heterocycles. The lowest BCUT2D eigenvalue weighted by Gasteiger charge is -2.34. The molecule has 2 rings (SSSR count). The van der Waals surface area contributed by atoms with Crippen molar-refractivity contribution in [3.8, 4) is 0 Å². The predicted octanol–water partition coefficient (Wildman–Crippen LogP) is 2.35. The van der Waals surface area contributed by atoms with E-state index in [2.05, 4.69) is 35.9 Å². The largest absolute Gasteiger partial charge is 0.469 e. The fourth-order valence-electron chi connectivity index (χ4n) is 4.10. The Morgan fingerprint density at radius 3 is 2.38 bits per heavy atom. The van der Waals surface area contributed by atoms with Crippen LogP contribution in [0, 0.1) is 11.8 Å². The number of rotatable bonds is 7. The van der Waals surface area contributed by atoms with E-state index in [0.29, 0.717) is 12.0 Å². The number of hydrogen-bond donors (Lipinski definition) is 1. The van der Waals surface area contributed by atoms with Crippen molar-refractivity contribution >= 4 is 11.9 Å². The Kier molecular flexibility index (Phi) is 8.69. The number of guanidine groups is 1. The van der Waals surface area contributed by atoms with Crippen molar-refractivity contribution in [3.63, 3.8) is 0 Å². The molecule has 0 aromatic carbocycles. The highest BCUT2D eigenvalue weighted by molar-refractivity contribution is 5.80. The van der Waals surface area contributed by atoms with Gasteiger partial charge in [0.05, 0.1) is 19.6 Å². The van der Waals surface area contributed by atoms with E-state index in [1.54, 1.807) is 0 Å². The molecule has 2 fully saturated rings. The number of methoxy groups -OCH3 is 1. The zero-order valence-corrected chi connectivity index (χ0v) is 17.2. The normalized spacial score (nSPS) is 21.3. The standard InChI is InChI=1S/C20H38N4O2/c1-5-21-20(24-12-8-17(9-13-24)19(25)26-4)22-15-18(14-16(2)3)23-10-6-7-11-23/h16-18H,5-15H2,1-4H3,(H,21,22). The molecule has 2 aliphatic rings. The van der Waals surface area contributed by atoms with Gasteiger partial charge < -0.3 is 15.0 Å². The van der Waals surface area contributed by atoms with E-state index in [0.717, 1.165) is 45.0 Å². The number of nitrogens with one attached hydrogen (secondary N) is 1. The Morgan fingerprint density at radius 1 is 1.19 bits per heavy atom. The number of esters is 1. The molecule has 0 aromatic rings. The van der Waals surface area contributed by atoms with E-state index >= 15 is 0 Å². The van der Waals surface area contributed by atoms with Crippen molar-refractivity contribution in [1.82, 2.24) is 15.1 Å². The third-order valence-corrected chi connectivity index (χ3v) is 5.52. The SMILES string of the molecule is CCNC(=NCC(CC(C)C)N1CCCC1)N1CCC(C(=O)OC)CC1. The molecule has 2 aliphatic heterocycles. The number of ether oxygens (including phenoxy) is 1. The monoisotopic (exact) mass is 366 g/mol. The zero-order valence-electron chi connectivity index (χ0n) is 17.2. The van der Waals surface area contributed by atoms with Gasteiger partial charge in [0.15, 0.2) is 5.96 Å². The molecule has 1 unspecified atom stereocenters. The van der Waals surface area contributed by atoms with Crippen LogP contribution in [0.3, 0.4) is 0 Å². The fourth-order valence-corrected chi connectivity index (χ4v) is 4.10. The molecule has 0 bridgehead atoms. The van der Waals surface area contributed by atoms with Crippen LogP contribution in [0.5, 0.6) is 0 Å². The Bertz CT molecular complexity index is 453. The van der Waals surface area contributed by atoms with Gasteiger partial charge in [0.1, 0.15) is 0 Å². The zero-order chi connectivity index (χ0) is 18.9. The quantitative estimate of drug-likeness (QED) is 0.426. The fraction of sp³-hybridized carbons (Fsp3) is 0.900. The van der Waals surface area contributed by atoms with E-state index in [9.17, 15) is 4.79 Å². The van der Waals surface area contributed by atoms with E-state index < -0.39 is 0 Å². The number of likely N-dealkylation sites (tertiary alicyclic amines) is 2. The second-order valence-electron chi connectivity index (χ2n) is 8.01. The molecule has 0 saturated carbocycles. The molecule has 150 valence electrons. The van der Waals surface area contributed by atoms with Gasteiger partial charge in [-0.2, -0.15) is 0 Å². The van der Waals surface area contributed by atoms with Gasteiger partial charge in [-0.15, -0.1) is 0 Å². The van der Waals surface area contributed by atoms with Crippen molar-refractivity contribution in [2.75, 3.05) is 46.4 Å². The summed E-state index contributed by atoms with van der Waals surface area (Å²) in [5, 5.41) is 3.45. The highest BCUT2D eigenvalue weighted by atomic mass is 16.5. The van der Waals surface area contributed by atoms with E-state index in [1.807, 2.05) is 0 Å². The minimum atomic E-state index is -0.0716. The van der Waals surface area contributed by atoms with Gasteiger partial charge in [-0.25, -0.2) is 0 Å². The lowest BCUT2D eigenvalue weighted by Crippen LogP contribution is -2.47. The first kappa shape index (κ1) is 21.0. The average Bonchev–Trinajstić information content (AvgIpc) is 3.18. The van der Waals surface area contributed by atoms with E-state index in [1.165, 1.54) is 39.5 Å². The van der Waals surface area contributed by atoms with Crippen LogP contribution in [-0.4, -0.2) is 74.1 Å². The summed E-state index contributed by atoms with van der Waals surface area (Å²) in [6.07, 6.45) is 5.53. The van der Waals surface area contributed by atoms with Crippen molar-refractivity contribution < 1.29 is 9.53 Å². The van der Waals surface area contributed by atoms with Crippen LogP contribution in [0.15, 0.2) is 4.99 Å². The summed E-state index contributed by atoms with van der Waals surface area (Å²) in [5.74, 6) is 1.66. The maximum Gasteiger partial charge on any atom is 0.308 e. The van der Waals surface area contributed by atoms with Crippen LogP contribution < -0.4 is 5.32 Å². The predicted molar refractivity (Wildman–Crippen MR) is 106 cm³/mol. The van der Waals surface area contributed by atoms with E-state index in [4.69, 9.17) is 9.73 Å². The van der Waals surface area contributed by atoms with Gasteiger partial charge in [-0.05, 0) is 58.0 Å². The molecule has 0 radical (unpaired) electrons. The van der Waals surface area contributed by atoms with E-state index in [-0.39, 0.29) is 11.9 Å². The molecule has 0 spiro atoms. The molecule has 1 N–H and O–H groups in total. The lowest BCUT2D eigenvalue weighted by atomic mass is 9.97. The molecule has 6 nitrogen and oxygen atoms in total. The van der Waals surface area contributed by atoms with Crippen molar-refractivity contribution in [2.45, 2.75) is 58.9 Å². The number of piperidine rings is 1. The van der Waals surface area contributed by atoms with Crippen molar-refractivity contribution in [3.05, 3.63) is 0 Å². The summed E-state index contributed by atoms with van der Waals surface area (Å²) in [5.41, 5.74) is 0. The van der Waals surface area contributed by atoms with Crippen LogP contribution in [0.25, 0.3) is 0 Å². The Balaban J connectivity index is 1.97. The van der Waals surface area contributed by atoms with Gasteiger partial charge in [0.2, 0.25) is 0 Å². The summed E-state index contributed by atoms with van der Waals surface area (Å²) in [4.78, 5) is 21.7. The van der Waals surface area contributed by atoms with Crippen LogP contribution in [0.1, 0.15) is 52.9 Å². The third kappa shape index (κ3) is 6.15. The van der Waals surface area contributed by atoms with Crippen LogP contribution in [0.4, 0.5) is 0 Å². The highest BCUT2D eigenvalue weighted by Gasteiger charge is 2.28. The average molecular weight is 367 g/mol. The molecule has 2 heterocycles. The second-order valence-corrected chi connectivity index (χ2v) is 8.01. The molecule has 1 atom stereocenters. The molecule has 26 heavy (non-hydrogen) atoms. The van der Waals surface area contributed by atoms with Gasteiger partial charge in [0.25, 0.3) is 0 Å². The lowest BCUT2D eigenvalue weighted by molar-refractivity contribution is -0.146. The highest BCUT2D eigenvalue weighted by Crippen LogP contribution is 2.20. The van der Waals surface area contributed by atoms with Crippen molar-refractivity contribution in [1.29, 1.82) is 0 Å². The molecule has 0 aliphatic carbocycles. The second kappa shape index (κ2) is 10.8. The minimum Gasteiger partial charge on any atom is -0.469 e. The smallest absolute Gasteiger partial charge is 0.308 e. The maximum atomic E-state index is 11.7. The number of carbonyl (C=O) groups excluding carboxylic acids is 1. The molecule has 0 amide bonds. The van der Waals surface area contributed by atoms with Crippen LogP contribution in [-0.2, 0) is 9.53 Å². The summed E-state index contributed by atoms with van der Waals surface area (Å²) in [7, 11) is 1.48. The van der Waals surface area contributed by atoms with Gasteiger partial charge in [-0.3, -0.25) is 14.7 Å². The number of nitrogens with zero attached hydrogens (tertiary/aromatic N) is 3. The minimum absolute atomic E-state index is 0.0393. The van der Waals surface area contributed by atoms with Crippen molar-refractivity contribution in [2.24, 2.45) is 16.8 Å². The Hall–Kier alpha value is -1.30. The first-order valence-corrected chi connectivity index (χ1v) is 10.4. The first-order chi connectivity index (χ1) is 12.5. The van der Waals surface area contributed by atoms with Crippen LogP contribution >= 0.6 is 0 Å². The molecule has 6 heteroatoms. The number of aliphatic imine (C=N–C) groups is 1. The Labute approximate surface area is 159 Å². The molecule has 0 aromatic heterocycles. The maximum absolute atomic E-state index is 11.7.